The molecule has 3 atom stereocenters. The Hall–Kier alpha value is -2.78. The number of ether oxygens (including phenoxy) is 2. The van der Waals surface area contributed by atoms with Gasteiger partial charge >= 0.3 is 19.8 Å². The van der Waals surface area contributed by atoms with E-state index < -0.39 is 38.5 Å². The molecule has 68 heavy (non-hydrogen) atoms. The van der Waals surface area contributed by atoms with Gasteiger partial charge in [0.2, 0.25) is 11.8 Å². The Morgan fingerprint density at radius 2 is 0.985 bits per heavy atom. The molecule has 0 aromatic rings. The fourth-order valence-electron chi connectivity index (χ4n) is 7.78. The Balaban J connectivity index is 4.57. The third-order valence-corrected chi connectivity index (χ3v) is 13.0. The second kappa shape index (κ2) is 47.9. The molecular formula is C51H101N6O10P. The van der Waals surface area contributed by atoms with Crippen LogP contribution in [0.2, 0.25) is 0 Å². The minimum atomic E-state index is -4.60. The fraction of sp³-hybridized carbons (Fsp3) is 0.902. The quantitative estimate of drug-likeness (QED) is 0.0109. The average molecular weight is 989 g/mol. The van der Waals surface area contributed by atoms with Gasteiger partial charge in [-0.2, -0.15) is 0 Å². The number of hydrogen-bond acceptors (Lipinski definition) is 11. The number of esters is 2. The number of guanidine groups is 1. The summed E-state index contributed by atoms with van der Waals surface area (Å²) in [7, 11) is -4.60. The number of aliphatic imine (C=N–C) groups is 1. The van der Waals surface area contributed by atoms with Gasteiger partial charge in [-0.15, -0.1) is 0 Å². The molecule has 0 aliphatic carbocycles. The maximum Gasteiger partial charge on any atom is 0.472 e. The predicted octanol–water partition coefficient (Wildman–Crippen LogP) is 10.5. The number of unbranched alkanes of at least 4 members (excludes halogenated alkanes) is 28. The molecule has 0 fully saturated rings. The summed E-state index contributed by atoms with van der Waals surface area (Å²) in [4.78, 5) is 64.1. The second-order valence-corrected chi connectivity index (χ2v) is 20.0. The van der Waals surface area contributed by atoms with Crippen molar-refractivity contribution in [2.45, 2.75) is 257 Å². The van der Waals surface area contributed by atoms with E-state index in [4.69, 9.17) is 35.7 Å². The first-order valence-electron chi connectivity index (χ1n) is 27.2. The third kappa shape index (κ3) is 46.9. The zero-order valence-corrected chi connectivity index (χ0v) is 44.0. The molecule has 0 rings (SSSR count). The monoisotopic (exact) mass is 989 g/mol. The van der Waals surface area contributed by atoms with Gasteiger partial charge in [-0.1, -0.05) is 187 Å². The zero-order valence-electron chi connectivity index (χ0n) is 43.1. The van der Waals surface area contributed by atoms with E-state index in [0.29, 0.717) is 58.0 Å². The Bertz CT molecular complexity index is 1310. The molecule has 2 amide bonds. The molecule has 0 aromatic heterocycles. The van der Waals surface area contributed by atoms with Gasteiger partial charge in [-0.3, -0.25) is 33.2 Å². The highest BCUT2D eigenvalue weighted by atomic mass is 31.2. The lowest BCUT2D eigenvalue weighted by Gasteiger charge is -2.20. The van der Waals surface area contributed by atoms with Gasteiger partial charge < -0.3 is 42.2 Å². The van der Waals surface area contributed by atoms with Crippen molar-refractivity contribution in [1.82, 2.24) is 10.6 Å². The van der Waals surface area contributed by atoms with Crippen LogP contribution in [0, 0.1) is 0 Å². The normalized spacial score (nSPS) is 13.1. The summed E-state index contributed by atoms with van der Waals surface area (Å²) in [5.74, 6) is -1.41. The molecular weight excluding hydrogens is 888 g/mol. The first kappa shape index (κ1) is 65.2. The van der Waals surface area contributed by atoms with Crippen molar-refractivity contribution in [3.8, 4) is 0 Å². The van der Waals surface area contributed by atoms with E-state index in [1.54, 1.807) is 0 Å². The lowest BCUT2D eigenvalue weighted by molar-refractivity contribution is -0.161. The molecule has 0 heterocycles. The molecule has 9 N–H and O–H groups in total. The van der Waals surface area contributed by atoms with E-state index in [0.717, 1.165) is 38.5 Å². The summed E-state index contributed by atoms with van der Waals surface area (Å²) >= 11 is 0. The molecule has 0 aliphatic heterocycles. The summed E-state index contributed by atoms with van der Waals surface area (Å²) in [6.45, 7) is 4.19. The second-order valence-electron chi connectivity index (χ2n) is 18.6. The highest BCUT2D eigenvalue weighted by molar-refractivity contribution is 7.47. The van der Waals surface area contributed by atoms with E-state index in [1.807, 2.05) is 0 Å². The number of nitrogens with one attached hydrogen (secondary N) is 2. The molecule has 0 aliphatic rings. The number of carbonyl (C=O) groups is 4. The maximum absolute atomic E-state index is 12.8. The highest BCUT2D eigenvalue weighted by Crippen LogP contribution is 2.43. The van der Waals surface area contributed by atoms with Gasteiger partial charge in [0.25, 0.3) is 0 Å². The van der Waals surface area contributed by atoms with Crippen LogP contribution in [0.1, 0.15) is 245 Å². The molecule has 0 saturated carbocycles. The van der Waals surface area contributed by atoms with Crippen molar-refractivity contribution in [3.05, 3.63) is 0 Å². The van der Waals surface area contributed by atoms with E-state index in [-0.39, 0.29) is 56.8 Å². The van der Waals surface area contributed by atoms with Crippen molar-refractivity contribution in [1.29, 1.82) is 0 Å². The van der Waals surface area contributed by atoms with Crippen LogP contribution in [0.4, 0.5) is 0 Å². The number of amides is 2. The zero-order chi connectivity index (χ0) is 50.2. The predicted molar refractivity (Wildman–Crippen MR) is 275 cm³/mol. The first-order chi connectivity index (χ1) is 32.9. The summed E-state index contributed by atoms with van der Waals surface area (Å²) in [5, 5.41) is 5.43. The lowest BCUT2D eigenvalue weighted by Crippen LogP contribution is -2.41. The van der Waals surface area contributed by atoms with Crippen molar-refractivity contribution in [3.63, 3.8) is 0 Å². The fourth-order valence-corrected chi connectivity index (χ4v) is 8.53. The highest BCUT2D eigenvalue weighted by Gasteiger charge is 2.26. The number of carbonyl (C=O) groups excluding carboxylic acids is 4. The summed E-state index contributed by atoms with van der Waals surface area (Å²) in [6.07, 6.45) is 36.3. The Kier molecular flexibility index (Phi) is 45.9. The van der Waals surface area contributed by atoms with E-state index in [2.05, 4.69) is 29.5 Å². The Morgan fingerprint density at radius 1 is 0.544 bits per heavy atom. The SMILES string of the molecule is CCCCCCCCCCCCCCCCCC(=O)O[C@H](COC(=O)CCCCCCCCCCCCCCC)COP(=O)(O)OCCNC(=O)CCCCCNC(=O)[C@@H](N)CCCN=C(N)N. The molecule has 0 spiro atoms. The van der Waals surface area contributed by atoms with Crippen LogP contribution in [0.15, 0.2) is 4.99 Å². The number of rotatable bonds is 51. The number of phosphoric ester groups is 1. The molecule has 17 heteroatoms. The van der Waals surface area contributed by atoms with Gasteiger partial charge in [0.15, 0.2) is 12.1 Å². The Morgan fingerprint density at radius 3 is 1.47 bits per heavy atom. The minimum absolute atomic E-state index is 0.000497. The molecule has 0 bridgehead atoms. The number of hydrogen-bond donors (Lipinski definition) is 6. The van der Waals surface area contributed by atoms with Crippen LogP contribution in [0.3, 0.4) is 0 Å². The summed E-state index contributed by atoms with van der Waals surface area (Å²) in [5.41, 5.74) is 16.5. The van der Waals surface area contributed by atoms with Gasteiger partial charge in [0.05, 0.1) is 19.3 Å². The average Bonchev–Trinajstić information content (AvgIpc) is 3.31. The summed E-state index contributed by atoms with van der Waals surface area (Å²) < 4.78 is 34.0. The molecule has 16 nitrogen and oxygen atoms in total. The van der Waals surface area contributed by atoms with E-state index in [1.165, 1.54) is 128 Å². The van der Waals surface area contributed by atoms with Crippen molar-refractivity contribution < 1.29 is 47.2 Å². The maximum atomic E-state index is 12.8. The smallest absolute Gasteiger partial charge is 0.462 e. The summed E-state index contributed by atoms with van der Waals surface area (Å²) in [6, 6.07) is -0.651. The van der Waals surface area contributed by atoms with Gasteiger partial charge in [-0.05, 0) is 38.5 Å². The minimum Gasteiger partial charge on any atom is -0.462 e. The molecule has 0 aromatic carbocycles. The number of phosphoric acid groups is 1. The molecule has 0 saturated heterocycles. The Labute approximate surface area is 412 Å². The van der Waals surface area contributed by atoms with Crippen LogP contribution < -0.4 is 27.8 Å². The third-order valence-electron chi connectivity index (χ3n) is 12.0. The van der Waals surface area contributed by atoms with Gasteiger partial charge in [-0.25, -0.2) is 4.57 Å². The van der Waals surface area contributed by atoms with Crippen LogP contribution in [-0.4, -0.2) is 86.2 Å². The standard InChI is InChI=1S/C51H101N6O10P/c1-3-5-7-9-11-13-15-17-18-20-22-24-26-28-32-38-49(60)67-45(43-64-48(59)37-31-27-25-23-21-19-16-14-12-10-8-6-4-2)44-66-68(62,63)65-42-41-55-47(58)36-30-29-33-39-56-50(61)46(52)35-34-40-57-51(53)54/h45-46H,3-44,52H2,1-2H3,(H,55,58)(H,56,61)(H,62,63)(H4,53,54,57)/t45-,46+/m1/s1. The van der Waals surface area contributed by atoms with Crippen LogP contribution >= 0.6 is 7.82 Å². The van der Waals surface area contributed by atoms with E-state index >= 15 is 0 Å². The number of nitrogens with two attached hydrogens (primary N) is 3. The molecule has 0 radical (unpaired) electrons. The topological polar surface area (TPSA) is 257 Å². The largest absolute Gasteiger partial charge is 0.472 e. The first-order valence-corrected chi connectivity index (χ1v) is 28.7. The van der Waals surface area contributed by atoms with Gasteiger partial charge in [0.1, 0.15) is 6.61 Å². The lowest BCUT2D eigenvalue weighted by atomic mass is 10.0. The van der Waals surface area contributed by atoms with Gasteiger partial charge in [0, 0.05) is 38.9 Å². The molecule has 1 unspecified atom stereocenters. The van der Waals surface area contributed by atoms with Crippen LogP contribution in [0.5, 0.6) is 0 Å². The number of nitrogens with zero attached hydrogens (tertiary/aromatic N) is 1. The van der Waals surface area contributed by atoms with Crippen molar-refractivity contribution in [2.75, 3.05) is 39.5 Å². The van der Waals surface area contributed by atoms with Crippen molar-refractivity contribution in [2.24, 2.45) is 22.2 Å². The van der Waals surface area contributed by atoms with Crippen LogP contribution in [0.25, 0.3) is 0 Å². The molecule has 400 valence electrons. The van der Waals surface area contributed by atoms with Crippen LogP contribution in [-0.2, 0) is 42.3 Å². The van der Waals surface area contributed by atoms with E-state index in [9.17, 15) is 28.6 Å². The van der Waals surface area contributed by atoms with Crippen molar-refractivity contribution >= 4 is 37.5 Å².